The van der Waals surface area contributed by atoms with E-state index in [1.54, 1.807) is 0 Å². The van der Waals surface area contributed by atoms with Crippen molar-refractivity contribution in [3.63, 3.8) is 0 Å². The first-order valence-corrected chi connectivity index (χ1v) is 47.0. The van der Waals surface area contributed by atoms with E-state index in [0.717, 1.165) is 34.6 Å². The Morgan fingerprint density at radius 3 is 0.762 bits per heavy atom. The molecule has 0 aromatic heterocycles. The molecule has 0 bridgehead atoms. The van der Waals surface area contributed by atoms with Gasteiger partial charge in [0.1, 0.15) is 287 Å². The zero-order chi connectivity index (χ0) is 108. The lowest BCUT2D eigenvalue weighted by Gasteiger charge is -2.52. The molecule has 37 N–H and O–H groups in total. The van der Waals surface area contributed by atoms with Gasteiger partial charge >= 0.3 is 0 Å². The third kappa shape index (κ3) is 26.8. The Morgan fingerprint density at radius 1 is 0.190 bits per heavy atom. The zero-order valence-corrected chi connectivity index (χ0v) is 79.2. The summed E-state index contributed by atoms with van der Waals surface area (Å²) in [7, 11) is 0. The van der Waals surface area contributed by atoms with Gasteiger partial charge in [-0.05, 0) is 6.92 Å². The van der Waals surface area contributed by atoms with Crippen LogP contribution in [0, 0.1) is 0 Å². The van der Waals surface area contributed by atoms with Gasteiger partial charge in [0.05, 0.1) is 78.8 Å². The molecular weight excluding hydrogens is 2010 g/mol. The van der Waals surface area contributed by atoms with Gasteiger partial charge in [-0.15, -0.1) is 0 Å². The lowest BCUT2D eigenvalue weighted by Crippen LogP contribution is -2.71. The van der Waals surface area contributed by atoms with Gasteiger partial charge in [0.15, 0.2) is 75.5 Å². The maximum atomic E-state index is 13.5. The second-order valence-corrected chi connectivity index (χ2v) is 37.3. The molecule has 12 saturated heterocycles. The van der Waals surface area contributed by atoms with Crippen LogP contribution in [0.1, 0.15) is 41.5 Å². The Bertz CT molecular complexity index is 4110. The van der Waals surface area contributed by atoms with Gasteiger partial charge in [0.2, 0.25) is 29.5 Å². The minimum atomic E-state index is -2.81. The number of nitrogens with one attached hydrogen (secondary N) is 5. The molecule has 0 aliphatic carbocycles. The fourth-order valence-corrected chi connectivity index (χ4v) is 19.2. The van der Waals surface area contributed by atoms with Gasteiger partial charge < -0.3 is 299 Å². The smallest absolute Gasteiger partial charge is 0.217 e. The highest BCUT2D eigenvalue weighted by Crippen LogP contribution is 2.43. The quantitative estimate of drug-likeness (QED) is 0.0273. The highest BCUT2D eigenvalue weighted by Gasteiger charge is 2.64. The molecule has 0 unspecified atom stereocenters. The van der Waals surface area contributed by atoms with Gasteiger partial charge in [-0.1, -0.05) is 0 Å². The van der Waals surface area contributed by atoms with Crippen LogP contribution >= 0.6 is 0 Å². The maximum absolute atomic E-state index is 13.5. The first-order chi connectivity index (χ1) is 69.5. The number of ether oxygens (including phenoxy) is 23. The second kappa shape index (κ2) is 52.8. The number of carbonyl (C=O) groups is 5. The largest absolute Gasteiger partial charge is 0.394 e. The minimum Gasteiger partial charge on any atom is -0.394 e. The summed E-state index contributed by atoms with van der Waals surface area (Å²) in [6, 6.07) is -10.2. The number of carbonyl (C=O) groups excluding carboxylic acids is 5. The van der Waals surface area contributed by atoms with Crippen molar-refractivity contribution in [3.8, 4) is 0 Å². The molecule has 0 saturated carbocycles. The molecule has 0 aromatic carbocycles. The van der Waals surface area contributed by atoms with Crippen molar-refractivity contribution in [3.05, 3.63) is 0 Å². The highest BCUT2D eigenvalue weighted by atomic mass is 16.8. The fourth-order valence-electron chi connectivity index (χ4n) is 19.2. The predicted octanol–water partition coefficient (Wildman–Crippen LogP) is -25.4. The topological polar surface area (TPSA) is 1010 Å². The molecule has 147 heavy (non-hydrogen) atoms. The summed E-state index contributed by atoms with van der Waals surface area (Å²) >= 11 is 0. The van der Waals surface area contributed by atoms with Crippen molar-refractivity contribution in [2.75, 3.05) is 72.7 Å². The summed E-state index contributed by atoms with van der Waals surface area (Å²) in [6.07, 6.45) is -119. The fraction of sp³-hybridized carbons (Fsp3) is 0.939. The SMILES string of the molecule is CC(=O)N[C@@H]1[C@@H](O)[C@H](O[C@@H]2O[C@H](CO)[C@@H](O[C@@H]3O[C@H](CO[C@H]4O[C@H](CO)[C@@H](O)[C@H](O)[C@@H]4O[C@@H]4O[C@H](CO)[C@@H](O[C@@H]5O[C@H](CO)[C@H](O)[C@H](O)[C@H]5O)[C@H](O)[C@H]4NC(C)=O)[C@@H](O)[C@H](O[C@H]4O[C@H](CO)[C@@H](O[C@@H]5O[C@H](CO)[C@@H](O[C@@H]6O[C@H](CO)[C@H](O)[C@H](O)[C@H]6O)[C@H](O)[C@H]5NC(C)=O)[C@H](O)[C@@H]4O[C@@H]4O[C@H](CO)[C@@H](O[C@@H]5O[C@H](CO)[C@H](O)[C@H](O)[C@H]5O)[C@H](O)[C@H]4NC(C)=O)[C@@H]3O)[C@H](O)[C@H]2NC(C)=O)[C@@H](CO[C@@H]2O[C@@H](C)[C@@H](O)[C@@H](O)[C@@H]2O)O[C@H]1O. The summed E-state index contributed by atoms with van der Waals surface area (Å²) in [5.74, 6) is -5.06. The Balaban J connectivity index is 0.929. The molecule has 850 valence electrons. The van der Waals surface area contributed by atoms with Gasteiger partial charge in [-0.2, -0.15) is 0 Å². The van der Waals surface area contributed by atoms with Crippen LogP contribution in [-0.2, 0) is 133 Å². The Morgan fingerprint density at radius 2 is 0.422 bits per heavy atom. The van der Waals surface area contributed by atoms with Crippen LogP contribution in [0.4, 0.5) is 0 Å². The monoisotopic (exact) mass is 2150 g/mol. The molecule has 12 rings (SSSR count). The van der Waals surface area contributed by atoms with Crippen LogP contribution in [0.2, 0.25) is 0 Å². The van der Waals surface area contributed by atoms with E-state index in [4.69, 9.17) is 109 Å². The van der Waals surface area contributed by atoms with E-state index in [-0.39, 0.29) is 0 Å². The van der Waals surface area contributed by atoms with Crippen molar-refractivity contribution in [2.24, 2.45) is 0 Å². The maximum Gasteiger partial charge on any atom is 0.217 e. The number of hydrogen-bond donors (Lipinski definition) is 37. The molecule has 12 aliphatic rings. The van der Waals surface area contributed by atoms with Crippen LogP contribution in [0.25, 0.3) is 0 Å². The second-order valence-electron chi connectivity index (χ2n) is 37.3. The Labute approximate surface area is 832 Å². The number of amides is 5. The van der Waals surface area contributed by atoms with E-state index >= 15 is 0 Å². The molecule has 60 atom stereocenters. The molecular formula is C82H137N5O60. The lowest BCUT2D eigenvalue weighted by molar-refractivity contribution is -0.407. The molecule has 0 spiro atoms. The molecule has 65 nitrogen and oxygen atoms in total. The summed E-state index contributed by atoms with van der Waals surface area (Å²) in [4.78, 5) is 66.0. The Kier molecular flexibility index (Phi) is 43.4. The molecule has 0 radical (unpaired) electrons. The Hall–Kier alpha value is -4.85. The average molecular weight is 2150 g/mol. The van der Waals surface area contributed by atoms with E-state index in [1.807, 2.05) is 0 Å². The summed E-state index contributed by atoms with van der Waals surface area (Å²) in [6.45, 7) is -7.27. The van der Waals surface area contributed by atoms with Crippen LogP contribution in [0.3, 0.4) is 0 Å². The first kappa shape index (κ1) is 121. The standard InChI is InChI=1S/C82H137N5O60/c1-18-40(102)51(113)56(118)76(127-18)125-17-34-67(46(108)35(71(124)128-34)83-19(2)97)140-73-37(85-21(4)99)48(110)65(31(14-95)134-73)144-80-61(123)68(45(107)33(138-80)16-126-81-69(55(117)44(106)27(10-91)132-81)146-74-38(86-22(5)100)49(111)63(29(12-93)135-74)142-78-58(120)53(115)42(104)25(8-89)130-78)145-82-70(147-75-39(87-23(6)101)50(112)64(30(13-94)136-75)143-79-59(121)54(116)43(105)26(9-90)131-79)60(122)66(32(15-96)137-82)139-72-36(84-20(3)98)47(109)62(28(11-92)133-72)141-77-57(119)52(114)41(103)24(7-88)129-77/h18,24-82,88-96,102-124H,7-17H2,1-6H3,(H,83,97)(H,84,98)(H,85,99)(H,86,100)(H,87,101)/t18-,24+,25+,26+,27+,28+,29+,30+,31+,32+,33+,34+,35+,36+,37+,38+,39+,40+,41-,42-,43-,44+,45+,46+,47+,48+,49+,50+,51+,52-,53-,54-,55-,56-,57+,58+,59+,60-,61-,62+,63+,64+,65+,66+,67+,68-,69-,70-,71+,72-,73-,74-,75-,76+,77-,78-,79-,80-,81-,82+/m0/s1. The molecule has 0 aromatic rings. The van der Waals surface area contributed by atoms with Gasteiger partial charge in [-0.3, -0.25) is 24.0 Å². The summed E-state index contributed by atoms with van der Waals surface area (Å²) in [5, 5.41) is 374. The highest BCUT2D eigenvalue weighted by molar-refractivity contribution is 5.75. The molecule has 12 heterocycles. The lowest BCUT2D eigenvalue weighted by atomic mass is 9.93. The van der Waals surface area contributed by atoms with Crippen molar-refractivity contribution in [2.45, 2.75) is 410 Å². The normalized spacial score (nSPS) is 49.6. The molecule has 65 heteroatoms. The van der Waals surface area contributed by atoms with E-state index in [1.165, 1.54) is 6.92 Å². The molecule has 5 amide bonds. The van der Waals surface area contributed by atoms with Gasteiger partial charge in [0.25, 0.3) is 0 Å². The van der Waals surface area contributed by atoms with Crippen molar-refractivity contribution < 1.29 is 296 Å². The minimum absolute atomic E-state index is 0.856. The van der Waals surface area contributed by atoms with Crippen LogP contribution in [0.5, 0.6) is 0 Å². The third-order valence-corrected chi connectivity index (χ3v) is 27.0. The van der Waals surface area contributed by atoms with E-state index in [2.05, 4.69) is 26.6 Å². The van der Waals surface area contributed by atoms with E-state index in [9.17, 15) is 187 Å². The number of aliphatic hydroxyl groups excluding tert-OH is 32. The van der Waals surface area contributed by atoms with E-state index < -0.39 is 470 Å². The van der Waals surface area contributed by atoms with Gasteiger partial charge in [-0.25, -0.2) is 0 Å². The number of hydrogen-bond acceptors (Lipinski definition) is 60. The molecule has 12 aliphatic heterocycles. The van der Waals surface area contributed by atoms with Crippen molar-refractivity contribution >= 4 is 29.5 Å². The van der Waals surface area contributed by atoms with Crippen molar-refractivity contribution in [1.29, 1.82) is 0 Å². The number of aliphatic hydroxyl groups is 32. The predicted molar refractivity (Wildman–Crippen MR) is 452 cm³/mol. The van der Waals surface area contributed by atoms with Gasteiger partial charge in [0, 0.05) is 34.6 Å². The van der Waals surface area contributed by atoms with Crippen LogP contribution in [0.15, 0.2) is 0 Å². The third-order valence-electron chi connectivity index (χ3n) is 27.0. The summed E-state index contributed by atoms with van der Waals surface area (Å²) in [5.41, 5.74) is 0. The zero-order valence-electron chi connectivity index (χ0n) is 79.2. The first-order valence-electron chi connectivity index (χ1n) is 47.0. The van der Waals surface area contributed by atoms with Crippen LogP contribution in [-0.4, -0.2) is 634 Å². The average Bonchev–Trinajstić information content (AvgIpc) is 0.757. The molecule has 12 fully saturated rings. The van der Waals surface area contributed by atoms with Crippen LogP contribution < -0.4 is 26.6 Å². The van der Waals surface area contributed by atoms with Crippen molar-refractivity contribution in [1.82, 2.24) is 26.6 Å². The number of rotatable bonds is 38. The summed E-state index contributed by atoms with van der Waals surface area (Å²) < 4.78 is 139. The van der Waals surface area contributed by atoms with E-state index in [0.29, 0.717) is 0 Å².